The molecule has 0 nitrogen and oxygen atoms in total. The van der Waals surface area contributed by atoms with Crippen molar-refractivity contribution >= 4 is 24.8 Å². The molecule has 15 heavy (non-hydrogen) atoms. The first kappa shape index (κ1) is 10.1. The molecule has 0 aliphatic rings. The van der Waals surface area contributed by atoms with Gasteiger partial charge in [-0.2, -0.15) is 0 Å². The first-order chi connectivity index (χ1) is 7.34. The first-order valence-corrected chi connectivity index (χ1v) is 5.31. The molecule has 0 atom stereocenters. The van der Waals surface area contributed by atoms with E-state index in [0.717, 1.165) is 4.90 Å². The van der Waals surface area contributed by atoms with Crippen molar-refractivity contribution < 1.29 is 0 Å². The Balaban J connectivity index is 2.19. The lowest BCUT2D eigenvalue weighted by Gasteiger charge is -1.95. The predicted molar refractivity (Wildman–Crippen MR) is 69.1 cm³/mol. The van der Waals surface area contributed by atoms with E-state index >= 15 is 0 Å². The van der Waals surface area contributed by atoms with E-state index in [1.807, 2.05) is 36.4 Å². The highest BCUT2D eigenvalue weighted by Gasteiger charge is 1.88. The zero-order valence-electron chi connectivity index (χ0n) is 8.30. The average Bonchev–Trinajstić information content (AvgIpc) is 2.28. The molecule has 0 amide bonds. The second-order valence-corrected chi connectivity index (χ2v) is 3.86. The highest BCUT2D eigenvalue weighted by Crippen LogP contribution is 2.12. The Morgan fingerprint density at radius 1 is 0.733 bits per heavy atom. The van der Waals surface area contributed by atoms with Crippen LogP contribution in [0, 0.1) is 0 Å². The van der Waals surface area contributed by atoms with Gasteiger partial charge in [0.2, 0.25) is 0 Å². The van der Waals surface area contributed by atoms with Crippen LogP contribution in [0.2, 0.25) is 0 Å². The van der Waals surface area contributed by atoms with Gasteiger partial charge in [0.15, 0.2) is 0 Å². The molecule has 0 spiro atoms. The molecule has 0 saturated carbocycles. The summed E-state index contributed by atoms with van der Waals surface area (Å²) in [5.74, 6) is 0. The van der Waals surface area contributed by atoms with Crippen LogP contribution in [0.15, 0.2) is 59.5 Å². The van der Waals surface area contributed by atoms with E-state index in [2.05, 4.69) is 43.0 Å². The van der Waals surface area contributed by atoms with Gasteiger partial charge in [-0.05, 0) is 23.3 Å². The lowest BCUT2D eigenvalue weighted by molar-refractivity contribution is 1.46. The van der Waals surface area contributed by atoms with Crippen molar-refractivity contribution in [2.75, 3.05) is 0 Å². The van der Waals surface area contributed by atoms with Crippen LogP contribution in [0.3, 0.4) is 0 Å². The Bertz CT molecular complexity index is 458. The first-order valence-electron chi connectivity index (χ1n) is 4.87. The zero-order chi connectivity index (χ0) is 10.5. The van der Waals surface area contributed by atoms with Gasteiger partial charge in [0.25, 0.3) is 0 Å². The van der Waals surface area contributed by atoms with Crippen molar-refractivity contribution in [2.24, 2.45) is 0 Å². The highest BCUT2D eigenvalue weighted by atomic mass is 32.1. The smallest absolute Gasteiger partial charge is 0.00459 e. The Hall–Kier alpha value is -1.47. The van der Waals surface area contributed by atoms with Gasteiger partial charge in [-0.25, -0.2) is 0 Å². The maximum atomic E-state index is 4.30. The molecule has 74 valence electrons. The second kappa shape index (κ2) is 4.85. The van der Waals surface area contributed by atoms with Crippen molar-refractivity contribution in [1.82, 2.24) is 0 Å². The Kier molecular flexibility index (Phi) is 3.25. The zero-order valence-corrected chi connectivity index (χ0v) is 9.19. The van der Waals surface area contributed by atoms with E-state index in [9.17, 15) is 0 Å². The van der Waals surface area contributed by atoms with Gasteiger partial charge in [-0.15, -0.1) is 12.6 Å². The normalized spacial score (nSPS) is 10.7. The van der Waals surface area contributed by atoms with Crippen molar-refractivity contribution in [3.63, 3.8) is 0 Å². The molecule has 1 heteroatoms. The van der Waals surface area contributed by atoms with Gasteiger partial charge in [0, 0.05) is 4.90 Å². The fourth-order valence-corrected chi connectivity index (χ4v) is 1.62. The molecule has 0 saturated heterocycles. The fraction of sp³-hybridized carbons (Fsp3) is 0. The lowest BCUT2D eigenvalue weighted by Crippen LogP contribution is -1.72. The fourth-order valence-electron chi connectivity index (χ4n) is 1.39. The monoisotopic (exact) mass is 212 g/mol. The molecule has 0 fully saturated rings. The molecule has 0 N–H and O–H groups in total. The van der Waals surface area contributed by atoms with Crippen LogP contribution in [0.5, 0.6) is 0 Å². The van der Waals surface area contributed by atoms with Crippen molar-refractivity contribution in [1.29, 1.82) is 0 Å². The number of benzene rings is 2. The number of thiol groups is 1. The third-order valence-electron chi connectivity index (χ3n) is 2.14. The molecule has 2 rings (SSSR count). The van der Waals surface area contributed by atoms with E-state index in [4.69, 9.17) is 0 Å². The summed E-state index contributed by atoms with van der Waals surface area (Å²) < 4.78 is 0. The number of hydrogen-bond donors (Lipinski definition) is 1. The molecule has 0 aromatic heterocycles. The topological polar surface area (TPSA) is 0 Å². The Morgan fingerprint density at radius 3 is 2.13 bits per heavy atom. The largest absolute Gasteiger partial charge is 0.143 e. The van der Waals surface area contributed by atoms with Gasteiger partial charge < -0.3 is 0 Å². The van der Waals surface area contributed by atoms with Crippen LogP contribution >= 0.6 is 12.6 Å². The minimum Gasteiger partial charge on any atom is -0.143 e. The number of rotatable bonds is 2. The van der Waals surface area contributed by atoms with E-state index in [1.54, 1.807) is 0 Å². The van der Waals surface area contributed by atoms with Gasteiger partial charge >= 0.3 is 0 Å². The van der Waals surface area contributed by atoms with E-state index in [-0.39, 0.29) is 0 Å². The number of hydrogen-bond acceptors (Lipinski definition) is 1. The maximum Gasteiger partial charge on any atom is 0.00459 e. The predicted octanol–water partition coefficient (Wildman–Crippen LogP) is 4.15. The molecular formula is C14H12S. The Labute approximate surface area is 95.7 Å². The third kappa shape index (κ3) is 3.00. The molecule has 0 aliphatic heterocycles. The van der Waals surface area contributed by atoms with E-state index < -0.39 is 0 Å². The van der Waals surface area contributed by atoms with Crippen LogP contribution in [-0.4, -0.2) is 0 Å². The van der Waals surface area contributed by atoms with Gasteiger partial charge in [-0.3, -0.25) is 0 Å². The van der Waals surface area contributed by atoms with Crippen LogP contribution in [0.1, 0.15) is 11.1 Å². The Morgan fingerprint density at radius 2 is 1.40 bits per heavy atom. The minimum absolute atomic E-state index is 0.991. The molecule has 0 unspecified atom stereocenters. The molecule has 0 radical (unpaired) electrons. The third-order valence-corrected chi connectivity index (χ3v) is 2.42. The van der Waals surface area contributed by atoms with Crippen molar-refractivity contribution in [2.45, 2.75) is 4.90 Å². The maximum absolute atomic E-state index is 4.30. The van der Waals surface area contributed by atoms with Crippen LogP contribution < -0.4 is 0 Å². The van der Waals surface area contributed by atoms with Crippen LogP contribution in [-0.2, 0) is 0 Å². The van der Waals surface area contributed by atoms with E-state index in [0.29, 0.717) is 0 Å². The van der Waals surface area contributed by atoms with Crippen LogP contribution in [0.4, 0.5) is 0 Å². The summed E-state index contributed by atoms with van der Waals surface area (Å²) in [5.41, 5.74) is 2.38. The lowest BCUT2D eigenvalue weighted by atomic mass is 10.1. The average molecular weight is 212 g/mol. The standard InChI is InChI=1S/C14H12S/c15-14-8-4-7-13(11-14)10-9-12-5-2-1-3-6-12/h1-11,15H/b10-9+. The molecular weight excluding hydrogens is 200 g/mol. The van der Waals surface area contributed by atoms with Crippen molar-refractivity contribution in [3.8, 4) is 0 Å². The molecule has 0 heterocycles. The molecule has 2 aromatic rings. The summed E-state index contributed by atoms with van der Waals surface area (Å²) in [5, 5.41) is 0. The summed E-state index contributed by atoms with van der Waals surface area (Å²) in [4.78, 5) is 0.991. The highest BCUT2D eigenvalue weighted by molar-refractivity contribution is 7.80. The summed E-state index contributed by atoms with van der Waals surface area (Å²) in [6.07, 6.45) is 4.19. The molecule has 0 bridgehead atoms. The van der Waals surface area contributed by atoms with E-state index in [1.165, 1.54) is 11.1 Å². The molecule has 0 aliphatic carbocycles. The van der Waals surface area contributed by atoms with Gasteiger partial charge in [0.1, 0.15) is 0 Å². The van der Waals surface area contributed by atoms with Crippen LogP contribution in [0.25, 0.3) is 12.2 Å². The second-order valence-electron chi connectivity index (χ2n) is 3.34. The van der Waals surface area contributed by atoms with Crippen molar-refractivity contribution in [3.05, 3.63) is 65.7 Å². The summed E-state index contributed by atoms with van der Waals surface area (Å²) in [6, 6.07) is 18.4. The molecule has 2 aromatic carbocycles. The quantitative estimate of drug-likeness (QED) is 0.561. The summed E-state index contributed by atoms with van der Waals surface area (Å²) >= 11 is 4.30. The van der Waals surface area contributed by atoms with Gasteiger partial charge in [-0.1, -0.05) is 54.6 Å². The summed E-state index contributed by atoms with van der Waals surface area (Å²) in [6.45, 7) is 0. The minimum atomic E-state index is 0.991. The summed E-state index contributed by atoms with van der Waals surface area (Å²) in [7, 11) is 0. The SMILES string of the molecule is Sc1cccc(/C=C/c2ccccc2)c1. The van der Waals surface area contributed by atoms with Gasteiger partial charge in [0.05, 0.1) is 0 Å².